The summed E-state index contributed by atoms with van der Waals surface area (Å²) in [6.07, 6.45) is 2.70. The highest BCUT2D eigenvalue weighted by atomic mass is 35.5. The zero-order valence-corrected chi connectivity index (χ0v) is 11.8. The van der Waals surface area contributed by atoms with Gasteiger partial charge in [0.15, 0.2) is 11.5 Å². The molecule has 0 aliphatic heterocycles. The summed E-state index contributed by atoms with van der Waals surface area (Å²) in [5.74, 6) is 1.48. The predicted octanol–water partition coefficient (Wildman–Crippen LogP) is 4.20. The van der Waals surface area contributed by atoms with Crippen molar-refractivity contribution in [2.24, 2.45) is 0 Å². The lowest BCUT2D eigenvalue weighted by molar-refractivity contribution is 0.294. The number of nitrogens with zero attached hydrogens (tertiary/aromatic N) is 1. The first kappa shape index (κ1) is 13.7. The second kappa shape index (κ2) is 6.43. The third-order valence-corrected chi connectivity index (χ3v) is 2.91. The summed E-state index contributed by atoms with van der Waals surface area (Å²) in [5, 5.41) is 0.486. The number of halogens is 1. The third-order valence-electron chi connectivity index (χ3n) is 2.69. The third kappa shape index (κ3) is 3.38. The minimum Gasteiger partial charge on any atom is -0.493 e. The van der Waals surface area contributed by atoms with Gasteiger partial charge in [-0.25, -0.2) is 4.98 Å². The second-order valence-corrected chi connectivity index (χ2v) is 4.47. The average Bonchev–Trinajstić information content (AvgIpc) is 2.45. The van der Waals surface area contributed by atoms with Crippen LogP contribution in [0.3, 0.4) is 0 Å². The highest BCUT2D eigenvalue weighted by Crippen LogP contribution is 2.32. The molecule has 0 spiro atoms. The van der Waals surface area contributed by atoms with Gasteiger partial charge in [-0.05, 0) is 36.2 Å². The van der Waals surface area contributed by atoms with Crippen molar-refractivity contribution in [3.63, 3.8) is 0 Å². The molecule has 2 aromatic rings. The van der Waals surface area contributed by atoms with E-state index in [1.54, 1.807) is 19.4 Å². The van der Waals surface area contributed by atoms with Gasteiger partial charge in [0.25, 0.3) is 0 Å². The maximum atomic E-state index is 5.79. The summed E-state index contributed by atoms with van der Waals surface area (Å²) in [5.41, 5.74) is 2.02. The van der Waals surface area contributed by atoms with Gasteiger partial charge >= 0.3 is 0 Å². The predicted molar refractivity (Wildman–Crippen MR) is 77.0 cm³/mol. The van der Waals surface area contributed by atoms with Gasteiger partial charge in [0.2, 0.25) is 0 Å². The Labute approximate surface area is 118 Å². The van der Waals surface area contributed by atoms with Crippen LogP contribution in [0, 0.1) is 0 Å². The summed E-state index contributed by atoms with van der Waals surface area (Å²) >= 11 is 5.79. The number of hydrogen-bond donors (Lipinski definition) is 0. The molecule has 1 aromatic heterocycles. The second-order valence-electron chi connectivity index (χ2n) is 4.08. The Morgan fingerprint density at radius 1 is 1.11 bits per heavy atom. The molecule has 0 fully saturated rings. The van der Waals surface area contributed by atoms with Gasteiger partial charge < -0.3 is 9.47 Å². The van der Waals surface area contributed by atoms with Crippen LogP contribution >= 0.6 is 11.6 Å². The van der Waals surface area contributed by atoms with Crippen LogP contribution in [-0.4, -0.2) is 18.7 Å². The fourth-order valence-electron chi connectivity index (χ4n) is 1.73. The first-order valence-corrected chi connectivity index (χ1v) is 6.55. The van der Waals surface area contributed by atoms with E-state index in [1.807, 2.05) is 24.3 Å². The first-order valence-electron chi connectivity index (χ1n) is 6.17. The molecular formula is C15H16ClNO2. The van der Waals surface area contributed by atoms with Crippen LogP contribution in [0.4, 0.5) is 0 Å². The molecule has 2 rings (SSSR count). The molecule has 0 atom stereocenters. The molecule has 0 saturated carbocycles. The van der Waals surface area contributed by atoms with Gasteiger partial charge in [-0.15, -0.1) is 0 Å². The van der Waals surface area contributed by atoms with Crippen LogP contribution in [0.2, 0.25) is 5.15 Å². The molecule has 3 nitrogen and oxygen atoms in total. The Morgan fingerprint density at radius 2 is 1.89 bits per heavy atom. The summed E-state index contributed by atoms with van der Waals surface area (Å²) in [4.78, 5) is 4.08. The summed E-state index contributed by atoms with van der Waals surface area (Å²) in [6.45, 7) is 2.73. The minimum absolute atomic E-state index is 0.486. The standard InChI is InChI=1S/C15H16ClNO2/c1-3-8-19-14-9-11(4-6-13(14)18-2)12-5-7-15(16)17-10-12/h4-7,9-10H,3,8H2,1-2H3. The van der Waals surface area contributed by atoms with Gasteiger partial charge in [-0.3, -0.25) is 0 Å². The molecule has 1 heterocycles. The molecule has 0 bridgehead atoms. The normalized spacial score (nSPS) is 10.3. The molecule has 19 heavy (non-hydrogen) atoms. The lowest BCUT2D eigenvalue weighted by atomic mass is 10.1. The van der Waals surface area contributed by atoms with Crippen LogP contribution in [0.25, 0.3) is 11.1 Å². The minimum atomic E-state index is 0.486. The fraction of sp³-hybridized carbons (Fsp3) is 0.267. The zero-order valence-electron chi connectivity index (χ0n) is 11.0. The van der Waals surface area contributed by atoms with Crippen LogP contribution in [0.15, 0.2) is 36.5 Å². The maximum Gasteiger partial charge on any atom is 0.161 e. The van der Waals surface area contributed by atoms with Crippen molar-refractivity contribution in [1.29, 1.82) is 0 Å². The molecule has 0 N–H and O–H groups in total. The SMILES string of the molecule is CCCOc1cc(-c2ccc(Cl)nc2)ccc1OC. The molecule has 100 valence electrons. The molecule has 1 aromatic carbocycles. The summed E-state index contributed by atoms with van der Waals surface area (Å²) < 4.78 is 11.0. The van der Waals surface area contributed by atoms with E-state index in [2.05, 4.69) is 11.9 Å². The summed E-state index contributed by atoms with van der Waals surface area (Å²) in [6, 6.07) is 9.53. The van der Waals surface area contributed by atoms with E-state index >= 15 is 0 Å². The lowest BCUT2D eigenvalue weighted by Crippen LogP contribution is -1.98. The number of hydrogen-bond acceptors (Lipinski definition) is 3. The van der Waals surface area contributed by atoms with E-state index in [-0.39, 0.29) is 0 Å². The molecule has 0 aliphatic carbocycles. The Bertz CT molecular complexity index is 540. The van der Waals surface area contributed by atoms with Crippen LogP contribution < -0.4 is 9.47 Å². The number of pyridine rings is 1. The molecule has 0 aliphatic rings. The quantitative estimate of drug-likeness (QED) is 0.768. The van der Waals surface area contributed by atoms with Gasteiger partial charge in [0.1, 0.15) is 5.15 Å². The highest BCUT2D eigenvalue weighted by molar-refractivity contribution is 6.29. The Balaban J connectivity index is 2.33. The van der Waals surface area contributed by atoms with Crippen molar-refractivity contribution >= 4 is 11.6 Å². The number of aromatic nitrogens is 1. The largest absolute Gasteiger partial charge is 0.493 e. The van der Waals surface area contributed by atoms with Crippen molar-refractivity contribution in [3.8, 4) is 22.6 Å². The van der Waals surface area contributed by atoms with E-state index < -0.39 is 0 Å². The molecule has 0 saturated heterocycles. The average molecular weight is 278 g/mol. The van der Waals surface area contributed by atoms with Crippen LogP contribution in [-0.2, 0) is 0 Å². The van der Waals surface area contributed by atoms with Gasteiger partial charge in [0.05, 0.1) is 13.7 Å². The molecular weight excluding hydrogens is 262 g/mol. The van der Waals surface area contributed by atoms with Gasteiger partial charge in [-0.1, -0.05) is 24.6 Å². The zero-order chi connectivity index (χ0) is 13.7. The lowest BCUT2D eigenvalue weighted by Gasteiger charge is -2.11. The Hall–Kier alpha value is -1.74. The Kier molecular flexibility index (Phi) is 4.63. The number of rotatable bonds is 5. The number of methoxy groups -OCH3 is 1. The Morgan fingerprint density at radius 3 is 2.53 bits per heavy atom. The van der Waals surface area contributed by atoms with Gasteiger partial charge in [0, 0.05) is 11.8 Å². The van der Waals surface area contributed by atoms with Gasteiger partial charge in [-0.2, -0.15) is 0 Å². The fourth-order valence-corrected chi connectivity index (χ4v) is 1.84. The molecule has 0 radical (unpaired) electrons. The molecule has 0 unspecified atom stereocenters. The van der Waals surface area contributed by atoms with Crippen molar-refractivity contribution in [1.82, 2.24) is 4.98 Å². The van der Waals surface area contributed by atoms with Crippen molar-refractivity contribution in [2.75, 3.05) is 13.7 Å². The van der Waals surface area contributed by atoms with E-state index in [0.717, 1.165) is 29.0 Å². The van der Waals surface area contributed by atoms with E-state index in [9.17, 15) is 0 Å². The van der Waals surface area contributed by atoms with Crippen molar-refractivity contribution < 1.29 is 9.47 Å². The highest BCUT2D eigenvalue weighted by Gasteiger charge is 2.07. The smallest absolute Gasteiger partial charge is 0.161 e. The van der Waals surface area contributed by atoms with Crippen LogP contribution in [0.5, 0.6) is 11.5 Å². The first-order chi connectivity index (χ1) is 9.24. The monoisotopic (exact) mass is 277 g/mol. The van der Waals surface area contributed by atoms with Crippen LogP contribution in [0.1, 0.15) is 13.3 Å². The number of benzene rings is 1. The van der Waals surface area contributed by atoms with Crippen molar-refractivity contribution in [2.45, 2.75) is 13.3 Å². The van der Waals surface area contributed by atoms with E-state index in [1.165, 1.54) is 0 Å². The van der Waals surface area contributed by atoms with Crippen molar-refractivity contribution in [3.05, 3.63) is 41.7 Å². The number of ether oxygens (including phenoxy) is 2. The summed E-state index contributed by atoms with van der Waals surface area (Å²) in [7, 11) is 1.64. The maximum absolute atomic E-state index is 5.79. The van der Waals surface area contributed by atoms with E-state index in [0.29, 0.717) is 11.8 Å². The van der Waals surface area contributed by atoms with E-state index in [4.69, 9.17) is 21.1 Å². The molecule has 4 heteroatoms. The molecule has 0 amide bonds. The topological polar surface area (TPSA) is 31.4 Å².